The standard InChI is InChI=1S/C49H32N2O/c1-5-16-33(17-6-1)38-31-42(34-18-7-2-8-19-34)50-43(32-38)37-24-15-25-39(30-37)51-44-27-14-13-26-40(44)47-45(51)29-28-41-46(35-20-9-3-10-21-35)48(52-49(41)47)36-22-11-4-12-23-36/h1-32H. The van der Waals surface area contributed by atoms with E-state index in [1.54, 1.807) is 0 Å². The third-order valence-electron chi connectivity index (χ3n) is 9.99. The third kappa shape index (κ3) is 5.02. The molecule has 3 heteroatoms. The van der Waals surface area contributed by atoms with Crippen LogP contribution in [-0.4, -0.2) is 9.55 Å². The number of benzene rings is 7. The topological polar surface area (TPSA) is 31.0 Å². The van der Waals surface area contributed by atoms with E-state index in [4.69, 9.17) is 9.40 Å². The normalized spacial score (nSPS) is 11.5. The molecule has 3 nitrogen and oxygen atoms in total. The van der Waals surface area contributed by atoms with Gasteiger partial charge < -0.3 is 8.98 Å². The predicted molar refractivity (Wildman–Crippen MR) is 216 cm³/mol. The summed E-state index contributed by atoms with van der Waals surface area (Å²) in [5.74, 6) is 0.881. The number of aromatic nitrogens is 2. The maximum Gasteiger partial charge on any atom is 0.145 e. The molecule has 0 aliphatic rings. The van der Waals surface area contributed by atoms with Gasteiger partial charge in [0.25, 0.3) is 0 Å². The highest BCUT2D eigenvalue weighted by molar-refractivity contribution is 6.22. The lowest BCUT2D eigenvalue weighted by atomic mass is 9.98. The van der Waals surface area contributed by atoms with Crippen LogP contribution in [0.2, 0.25) is 0 Å². The van der Waals surface area contributed by atoms with E-state index in [9.17, 15) is 0 Å². The lowest BCUT2D eigenvalue weighted by Gasteiger charge is -2.13. The van der Waals surface area contributed by atoms with Gasteiger partial charge in [-0.1, -0.05) is 152 Å². The smallest absolute Gasteiger partial charge is 0.145 e. The molecule has 3 heterocycles. The van der Waals surface area contributed by atoms with Crippen molar-refractivity contribution in [2.45, 2.75) is 0 Å². The summed E-state index contributed by atoms with van der Waals surface area (Å²) in [4.78, 5) is 5.23. The number of pyridine rings is 1. The van der Waals surface area contributed by atoms with Gasteiger partial charge in [-0.05, 0) is 59.2 Å². The Morgan fingerprint density at radius 2 is 0.962 bits per heavy atom. The summed E-state index contributed by atoms with van der Waals surface area (Å²) in [6.07, 6.45) is 0. The Labute approximate surface area is 301 Å². The lowest BCUT2D eigenvalue weighted by molar-refractivity contribution is 0.636. The summed E-state index contributed by atoms with van der Waals surface area (Å²) in [6, 6.07) is 68.2. The van der Waals surface area contributed by atoms with Crippen LogP contribution in [0.3, 0.4) is 0 Å². The third-order valence-corrected chi connectivity index (χ3v) is 9.99. The number of nitrogens with zero attached hydrogens (tertiary/aromatic N) is 2. The van der Waals surface area contributed by atoms with Crippen molar-refractivity contribution in [2.24, 2.45) is 0 Å². The summed E-state index contributed by atoms with van der Waals surface area (Å²) in [5, 5.41) is 3.36. The molecule has 0 bridgehead atoms. The highest BCUT2D eigenvalue weighted by Gasteiger charge is 2.23. The number of fused-ring (bicyclic) bond motifs is 5. The van der Waals surface area contributed by atoms with Gasteiger partial charge >= 0.3 is 0 Å². The fourth-order valence-electron chi connectivity index (χ4n) is 7.61. The van der Waals surface area contributed by atoms with Crippen molar-refractivity contribution in [1.29, 1.82) is 0 Å². The first-order valence-electron chi connectivity index (χ1n) is 17.6. The molecule has 244 valence electrons. The Balaban J connectivity index is 1.20. The van der Waals surface area contributed by atoms with Gasteiger partial charge in [-0.15, -0.1) is 0 Å². The van der Waals surface area contributed by atoms with E-state index in [0.717, 1.165) is 94.6 Å². The molecule has 7 aromatic carbocycles. The molecule has 0 unspecified atom stereocenters. The molecule has 0 saturated heterocycles. The van der Waals surface area contributed by atoms with Gasteiger partial charge in [-0.3, -0.25) is 0 Å². The summed E-state index contributed by atoms with van der Waals surface area (Å²) in [6.45, 7) is 0. The van der Waals surface area contributed by atoms with E-state index in [1.165, 1.54) is 0 Å². The quantitative estimate of drug-likeness (QED) is 0.177. The Morgan fingerprint density at radius 1 is 0.385 bits per heavy atom. The SMILES string of the molecule is c1ccc(-c2cc(-c3ccccc3)nc(-c3cccc(-n4c5ccccc5c5c6oc(-c7ccccc7)c(-c7ccccc7)c6ccc54)c3)c2)cc1. The lowest BCUT2D eigenvalue weighted by Crippen LogP contribution is -1.96. The van der Waals surface area contributed by atoms with Gasteiger partial charge in [-0.2, -0.15) is 0 Å². The molecule has 3 aromatic heterocycles. The molecule has 0 radical (unpaired) electrons. The average Bonchev–Trinajstić information content (AvgIpc) is 3.78. The zero-order valence-corrected chi connectivity index (χ0v) is 28.3. The Kier molecular flexibility index (Phi) is 7.14. The van der Waals surface area contributed by atoms with Crippen molar-refractivity contribution >= 4 is 32.8 Å². The van der Waals surface area contributed by atoms with Crippen molar-refractivity contribution in [3.05, 3.63) is 194 Å². The molecule has 10 rings (SSSR count). The number of para-hydroxylation sites is 1. The first-order chi connectivity index (χ1) is 25.8. The van der Waals surface area contributed by atoms with E-state index < -0.39 is 0 Å². The maximum absolute atomic E-state index is 6.99. The molecule has 0 spiro atoms. The maximum atomic E-state index is 6.99. The van der Waals surface area contributed by atoms with Crippen LogP contribution in [0.25, 0.3) is 94.6 Å². The summed E-state index contributed by atoms with van der Waals surface area (Å²) < 4.78 is 9.35. The van der Waals surface area contributed by atoms with Gasteiger partial charge in [0.05, 0.1) is 27.8 Å². The van der Waals surface area contributed by atoms with Crippen LogP contribution in [0, 0.1) is 0 Å². The Hall–Kier alpha value is -6.97. The van der Waals surface area contributed by atoms with Gasteiger partial charge in [0.15, 0.2) is 0 Å². The van der Waals surface area contributed by atoms with Crippen LogP contribution in [0.4, 0.5) is 0 Å². The fourth-order valence-corrected chi connectivity index (χ4v) is 7.61. The van der Waals surface area contributed by atoms with Crippen molar-refractivity contribution in [2.75, 3.05) is 0 Å². The fraction of sp³-hybridized carbons (Fsp3) is 0. The Bertz CT molecular complexity index is 2810. The second-order valence-corrected chi connectivity index (χ2v) is 13.1. The van der Waals surface area contributed by atoms with Crippen molar-refractivity contribution in [3.8, 4) is 61.8 Å². The summed E-state index contributed by atoms with van der Waals surface area (Å²) in [5.41, 5.74) is 13.8. The van der Waals surface area contributed by atoms with Crippen LogP contribution in [0.15, 0.2) is 199 Å². The van der Waals surface area contributed by atoms with E-state index >= 15 is 0 Å². The van der Waals surface area contributed by atoms with E-state index in [2.05, 4.69) is 187 Å². The highest BCUT2D eigenvalue weighted by Crippen LogP contribution is 2.46. The second-order valence-electron chi connectivity index (χ2n) is 13.1. The second kappa shape index (κ2) is 12.4. The van der Waals surface area contributed by atoms with Crippen LogP contribution >= 0.6 is 0 Å². The van der Waals surface area contributed by atoms with Crippen LogP contribution < -0.4 is 0 Å². The molecule has 0 fully saturated rings. The van der Waals surface area contributed by atoms with Crippen molar-refractivity contribution < 1.29 is 4.42 Å². The molecular weight excluding hydrogens is 633 g/mol. The molecular formula is C49H32N2O. The molecule has 0 aliphatic heterocycles. The van der Waals surface area contributed by atoms with E-state index in [1.807, 2.05) is 12.1 Å². The van der Waals surface area contributed by atoms with Gasteiger partial charge in [0.2, 0.25) is 0 Å². The van der Waals surface area contributed by atoms with Crippen LogP contribution in [-0.2, 0) is 0 Å². The van der Waals surface area contributed by atoms with Gasteiger partial charge in [-0.25, -0.2) is 4.98 Å². The van der Waals surface area contributed by atoms with Crippen LogP contribution in [0.1, 0.15) is 0 Å². The number of hydrogen-bond donors (Lipinski definition) is 0. The monoisotopic (exact) mass is 664 g/mol. The molecule has 10 aromatic rings. The van der Waals surface area contributed by atoms with E-state index in [-0.39, 0.29) is 0 Å². The van der Waals surface area contributed by atoms with Gasteiger partial charge in [0, 0.05) is 38.7 Å². The molecule has 0 atom stereocenters. The first-order valence-corrected chi connectivity index (χ1v) is 17.6. The average molecular weight is 665 g/mol. The van der Waals surface area contributed by atoms with E-state index in [0.29, 0.717) is 0 Å². The minimum Gasteiger partial charge on any atom is -0.455 e. The minimum atomic E-state index is 0.881. The Morgan fingerprint density at radius 3 is 1.67 bits per heavy atom. The molecule has 0 saturated carbocycles. The zero-order valence-electron chi connectivity index (χ0n) is 28.3. The number of hydrogen-bond acceptors (Lipinski definition) is 2. The largest absolute Gasteiger partial charge is 0.455 e. The minimum absolute atomic E-state index is 0.881. The molecule has 0 amide bonds. The highest BCUT2D eigenvalue weighted by atomic mass is 16.3. The first kappa shape index (κ1) is 29.9. The predicted octanol–water partition coefficient (Wildman–Crippen LogP) is 13.3. The summed E-state index contributed by atoms with van der Waals surface area (Å²) in [7, 11) is 0. The van der Waals surface area contributed by atoms with Gasteiger partial charge in [0.1, 0.15) is 11.3 Å². The molecule has 0 N–H and O–H groups in total. The number of rotatable bonds is 6. The van der Waals surface area contributed by atoms with Crippen molar-refractivity contribution in [3.63, 3.8) is 0 Å². The zero-order chi connectivity index (χ0) is 34.4. The van der Waals surface area contributed by atoms with Crippen LogP contribution in [0.5, 0.6) is 0 Å². The molecule has 52 heavy (non-hydrogen) atoms. The summed E-state index contributed by atoms with van der Waals surface area (Å²) >= 11 is 0. The van der Waals surface area contributed by atoms with Crippen molar-refractivity contribution in [1.82, 2.24) is 9.55 Å². The number of furan rings is 1. The molecule has 0 aliphatic carbocycles.